The van der Waals surface area contributed by atoms with Gasteiger partial charge in [-0.25, -0.2) is 0 Å². The van der Waals surface area contributed by atoms with Crippen molar-refractivity contribution in [3.8, 4) is 0 Å². The van der Waals surface area contributed by atoms with Gasteiger partial charge < -0.3 is 9.80 Å². The fourth-order valence-corrected chi connectivity index (χ4v) is 2.92. The van der Waals surface area contributed by atoms with Crippen molar-refractivity contribution in [2.24, 2.45) is 0 Å². The van der Waals surface area contributed by atoms with E-state index in [2.05, 4.69) is 42.6 Å². The van der Waals surface area contributed by atoms with Crippen LogP contribution in [0, 0.1) is 0 Å². The maximum absolute atomic E-state index is 2.62. The Labute approximate surface area is 120 Å². The summed E-state index contributed by atoms with van der Waals surface area (Å²) in [6.45, 7) is 12.1. The van der Waals surface area contributed by atoms with Crippen molar-refractivity contribution in [2.75, 3.05) is 53.4 Å². The standard InChI is InChI=1S/C16H35N3/c1-5-7-8-9-16(6-2)18(4)12-15-19-13-10-17(3)11-14-19/h16H,5-15H2,1-4H3. The number of rotatable bonds is 9. The van der Waals surface area contributed by atoms with Gasteiger partial charge in [0.1, 0.15) is 0 Å². The van der Waals surface area contributed by atoms with Gasteiger partial charge in [0.15, 0.2) is 0 Å². The lowest BCUT2D eigenvalue weighted by Crippen LogP contribution is -2.47. The van der Waals surface area contributed by atoms with Crippen LogP contribution in [-0.4, -0.2) is 74.1 Å². The van der Waals surface area contributed by atoms with Crippen LogP contribution in [-0.2, 0) is 0 Å². The van der Waals surface area contributed by atoms with Gasteiger partial charge in [-0.2, -0.15) is 0 Å². The van der Waals surface area contributed by atoms with Gasteiger partial charge in [-0.1, -0.05) is 33.1 Å². The van der Waals surface area contributed by atoms with Gasteiger partial charge in [-0.3, -0.25) is 4.90 Å². The summed E-state index contributed by atoms with van der Waals surface area (Å²) in [6, 6.07) is 0.791. The molecule has 0 aliphatic carbocycles. The second-order valence-electron chi connectivity index (χ2n) is 6.18. The zero-order valence-corrected chi connectivity index (χ0v) is 13.7. The highest BCUT2D eigenvalue weighted by molar-refractivity contribution is 4.73. The van der Waals surface area contributed by atoms with Crippen molar-refractivity contribution in [1.29, 1.82) is 0 Å². The van der Waals surface area contributed by atoms with Crippen LogP contribution in [0.25, 0.3) is 0 Å². The molecule has 0 aromatic rings. The van der Waals surface area contributed by atoms with Crippen LogP contribution in [0.2, 0.25) is 0 Å². The molecule has 0 spiro atoms. The van der Waals surface area contributed by atoms with Crippen LogP contribution in [0.5, 0.6) is 0 Å². The SMILES string of the molecule is CCCCCC(CC)N(C)CCN1CCN(C)CC1. The molecule has 0 amide bonds. The van der Waals surface area contributed by atoms with Crippen LogP contribution in [0.4, 0.5) is 0 Å². The maximum atomic E-state index is 2.62. The van der Waals surface area contributed by atoms with Crippen molar-refractivity contribution in [1.82, 2.24) is 14.7 Å². The van der Waals surface area contributed by atoms with Crippen LogP contribution >= 0.6 is 0 Å². The molecule has 1 rings (SSSR count). The molecule has 3 heteroatoms. The number of unbranched alkanes of at least 4 members (excludes halogenated alkanes) is 2. The van der Waals surface area contributed by atoms with Crippen molar-refractivity contribution in [3.05, 3.63) is 0 Å². The average Bonchev–Trinajstić information content (AvgIpc) is 2.43. The van der Waals surface area contributed by atoms with E-state index in [-0.39, 0.29) is 0 Å². The number of nitrogens with zero attached hydrogens (tertiary/aromatic N) is 3. The van der Waals surface area contributed by atoms with Crippen molar-refractivity contribution >= 4 is 0 Å². The monoisotopic (exact) mass is 269 g/mol. The van der Waals surface area contributed by atoms with Gasteiger partial charge in [0, 0.05) is 45.3 Å². The second-order valence-corrected chi connectivity index (χ2v) is 6.18. The number of piperazine rings is 1. The summed E-state index contributed by atoms with van der Waals surface area (Å²) in [5.41, 5.74) is 0. The first-order valence-corrected chi connectivity index (χ1v) is 8.28. The summed E-state index contributed by atoms with van der Waals surface area (Å²) < 4.78 is 0. The van der Waals surface area contributed by atoms with E-state index in [0.717, 1.165) is 6.04 Å². The number of hydrogen-bond acceptors (Lipinski definition) is 3. The van der Waals surface area contributed by atoms with Crippen molar-refractivity contribution in [3.63, 3.8) is 0 Å². The summed E-state index contributed by atoms with van der Waals surface area (Å²) in [5.74, 6) is 0. The van der Waals surface area contributed by atoms with Gasteiger partial charge in [-0.15, -0.1) is 0 Å². The van der Waals surface area contributed by atoms with E-state index in [1.165, 1.54) is 71.4 Å². The second kappa shape index (κ2) is 9.73. The first-order valence-electron chi connectivity index (χ1n) is 8.28. The molecule has 1 saturated heterocycles. The molecule has 19 heavy (non-hydrogen) atoms. The third-order valence-corrected chi connectivity index (χ3v) is 4.60. The Balaban J connectivity index is 2.18. The fourth-order valence-electron chi connectivity index (χ4n) is 2.92. The molecular formula is C16H35N3. The Morgan fingerprint density at radius 2 is 1.74 bits per heavy atom. The fraction of sp³-hybridized carbons (Fsp3) is 1.00. The predicted molar refractivity (Wildman–Crippen MR) is 84.8 cm³/mol. The Morgan fingerprint density at radius 1 is 1.05 bits per heavy atom. The first kappa shape index (κ1) is 16.9. The number of likely N-dealkylation sites (N-methyl/N-ethyl adjacent to an activating group) is 2. The zero-order valence-electron chi connectivity index (χ0n) is 13.7. The highest BCUT2D eigenvalue weighted by Gasteiger charge is 2.16. The molecule has 1 fully saturated rings. The molecule has 1 aliphatic rings. The topological polar surface area (TPSA) is 9.72 Å². The van der Waals surface area contributed by atoms with Gasteiger partial charge in [-0.05, 0) is 26.9 Å². The molecule has 0 N–H and O–H groups in total. The van der Waals surface area contributed by atoms with E-state index in [1.54, 1.807) is 0 Å². The Kier molecular flexibility index (Phi) is 8.67. The van der Waals surface area contributed by atoms with E-state index in [4.69, 9.17) is 0 Å². The first-order chi connectivity index (χ1) is 9.17. The minimum Gasteiger partial charge on any atom is -0.304 e. The highest BCUT2D eigenvalue weighted by atomic mass is 15.3. The van der Waals surface area contributed by atoms with Gasteiger partial charge in [0.25, 0.3) is 0 Å². The molecular weight excluding hydrogens is 234 g/mol. The van der Waals surface area contributed by atoms with Gasteiger partial charge >= 0.3 is 0 Å². The van der Waals surface area contributed by atoms with E-state index < -0.39 is 0 Å². The molecule has 114 valence electrons. The van der Waals surface area contributed by atoms with Crippen LogP contribution < -0.4 is 0 Å². The molecule has 0 aromatic heterocycles. The lowest BCUT2D eigenvalue weighted by atomic mass is 10.1. The molecule has 1 atom stereocenters. The molecule has 0 bridgehead atoms. The summed E-state index contributed by atoms with van der Waals surface area (Å²) in [6.07, 6.45) is 6.80. The summed E-state index contributed by atoms with van der Waals surface area (Å²) in [4.78, 5) is 7.64. The molecule has 3 nitrogen and oxygen atoms in total. The third-order valence-electron chi connectivity index (χ3n) is 4.60. The smallest absolute Gasteiger partial charge is 0.0110 e. The van der Waals surface area contributed by atoms with Gasteiger partial charge in [0.2, 0.25) is 0 Å². The molecule has 1 unspecified atom stereocenters. The normalized spacial score (nSPS) is 20.1. The third kappa shape index (κ3) is 6.73. The molecule has 1 heterocycles. The molecule has 0 saturated carbocycles. The minimum absolute atomic E-state index is 0.791. The summed E-state index contributed by atoms with van der Waals surface area (Å²) in [5, 5.41) is 0. The van der Waals surface area contributed by atoms with Crippen molar-refractivity contribution in [2.45, 2.75) is 52.0 Å². The lowest BCUT2D eigenvalue weighted by Gasteiger charge is -2.35. The van der Waals surface area contributed by atoms with Crippen LogP contribution in [0.15, 0.2) is 0 Å². The Morgan fingerprint density at radius 3 is 2.32 bits per heavy atom. The Hall–Kier alpha value is -0.120. The van der Waals surface area contributed by atoms with E-state index in [1.807, 2.05) is 0 Å². The van der Waals surface area contributed by atoms with Crippen molar-refractivity contribution < 1.29 is 0 Å². The summed E-state index contributed by atoms with van der Waals surface area (Å²) in [7, 11) is 4.54. The summed E-state index contributed by atoms with van der Waals surface area (Å²) >= 11 is 0. The Bertz CT molecular complexity index is 212. The number of hydrogen-bond donors (Lipinski definition) is 0. The molecule has 0 radical (unpaired) electrons. The van der Waals surface area contributed by atoms with E-state index in [9.17, 15) is 0 Å². The lowest BCUT2D eigenvalue weighted by molar-refractivity contribution is 0.127. The van der Waals surface area contributed by atoms with Gasteiger partial charge in [0.05, 0.1) is 0 Å². The van der Waals surface area contributed by atoms with E-state index >= 15 is 0 Å². The molecule has 1 aliphatic heterocycles. The predicted octanol–water partition coefficient (Wildman–Crippen LogP) is 2.52. The van der Waals surface area contributed by atoms with Crippen LogP contribution in [0.1, 0.15) is 46.0 Å². The molecule has 0 aromatic carbocycles. The highest BCUT2D eigenvalue weighted by Crippen LogP contribution is 2.12. The van der Waals surface area contributed by atoms with Crippen LogP contribution in [0.3, 0.4) is 0 Å². The van der Waals surface area contributed by atoms with E-state index in [0.29, 0.717) is 0 Å². The maximum Gasteiger partial charge on any atom is 0.0110 e. The largest absolute Gasteiger partial charge is 0.304 e. The average molecular weight is 269 g/mol. The zero-order chi connectivity index (χ0) is 14.1. The minimum atomic E-state index is 0.791. The quantitative estimate of drug-likeness (QED) is 0.596.